The van der Waals surface area contributed by atoms with Crippen LogP contribution in [-0.4, -0.2) is 18.6 Å². The van der Waals surface area contributed by atoms with Gasteiger partial charge in [0.05, 0.1) is 6.07 Å². The summed E-state index contributed by atoms with van der Waals surface area (Å²) in [6.45, 7) is 4.25. The lowest BCUT2D eigenvalue weighted by Gasteiger charge is -2.08. The summed E-state index contributed by atoms with van der Waals surface area (Å²) in [5.74, 6) is 0. The van der Waals surface area contributed by atoms with Crippen molar-refractivity contribution in [3.63, 3.8) is 0 Å². The van der Waals surface area contributed by atoms with Crippen LogP contribution < -0.4 is 10.6 Å². The molecule has 62 valence electrons. The van der Waals surface area contributed by atoms with Crippen molar-refractivity contribution >= 4 is 6.03 Å². The number of carbonyl (C=O) groups excluding carboxylic acids is 1. The molecule has 0 aromatic rings. The van der Waals surface area contributed by atoms with E-state index in [1.54, 1.807) is 0 Å². The van der Waals surface area contributed by atoms with Crippen molar-refractivity contribution in [3.8, 4) is 6.07 Å². The smallest absolute Gasteiger partial charge is 0.315 e. The van der Waals surface area contributed by atoms with E-state index in [2.05, 4.69) is 10.6 Å². The number of amides is 2. The topological polar surface area (TPSA) is 64.9 Å². The SMILES string of the molecule is CCNC(=O)NC(C#N)CC. The summed E-state index contributed by atoms with van der Waals surface area (Å²) in [6, 6.07) is 1.32. The maximum absolute atomic E-state index is 10.8. The molecule has 2 N–H and O–H groups in total. The first-order valence-corrected chi connectivity index (χ1v) is 3.68. The molecule has 0 saturated carbocycles. The van der Waals surface area contributed by atoms with E-state index < -0.39 is 0 Å². The first-order chi connectivity index (χ1) is 5.24. The van der Waals surface area contributed by atoms with Gasteiger partial charge >= 0.3 is 6.03 Å². The van der Waals surface area contributed by atoms with Crippen LogP contribution in [0.1, 0.15) is 20.3 Å². The van der Waals surface area contributed by atoms with Crippen molar-refractivity contribution in [2.75, 3.05) is 6.54 Å². The Bertz CT molecular complexity index is 162. The Labute approximate surface area is 66.6 Å². The van der Waals surface area contributed by atoms with E-state index in [-0.39, 0.29) is 12.1 Å². The zero-order chi connectivity index (χ0) is 8.69. The molecule has 0 radical (unpaired) electrons. The number of carbonyl (C=O) groups is 1. The summed E-state index contributed by atoms with van der Waals surface area (Å²) in [4.78, 5) is 10.8. The number of nitriles is 1. The van der Waals surface area contributed by atoms with Gasteiger partial charge in [-0.3, -0.25) is 0 Å². The van der Waals surface area contributed by atoms with Gasteiger partial charge in [-0.15, -0.1) is 0 Å². The maximum Gasteiger partial charge on any atom is 0.315 e. The molecule has 0 rings (SSSR count). The molecule has 1 atom stereocenters. The van der Waals surface area contributed by atoms with Gasteiger partial charge < -0.3 is 10.6 Å². The third kappa shape index (κ3) is 4.20. The average molecular weight is 155 g/mol. The number of urea groups is 1. The first kappa shape index (κ1) is 9.76. The molecule has 2 amide bonds. The van der Waals surface area contributed by atoms with Gasteiger partial charge in [0.1, 0.15) is 6.04 Å². The predicted octanol–water partition coefficient (Wildman–Crippen LogP) is 0.608. The Morgan fingerprint density at radius 1 is 1.64 bits per heavy atom. The van der Waals surface area contributed by atoms with Crippen molar-refractivity contribution in [3.05, 3.63) is 0 Å². The van der Waals surface area contributed by atoms with E-state index in [0.717, 1.165) is 0 Å². The molecule has 0 aromatic heterocycles. The maximum atomic E-state index is 10.8. The second kappa shape index (κ2) is 5.54. The van der Waals surface area contributed by atoms with Crippen LogP contribution in [0.3, 0.4) is 0 Å². The van der Waals surface area contributed by atoms with Gasteiger partial charge in [-0.2, -0.15) is 5.26 Å². The Kier molecular flexibility index (Phi) is 4.91. The number of nitrogens with one attached hydrogen (secondary N) is 2. The van der Waals surface area contributed by atoms with Gasteiger partial charge in [-0.05, 0) is 13.3 Å². The number of nitrogens with zero attached hydrogens (tertiary/aromatic N) is 1. The highest BCUT2D eigenvalue weighted by Gasteiger charge is 2.06. The van der Waals surface area contributed by atoms with Gasteiger partial charge in [-0.25, -0.2) is 4.79 Å². The number of hydrogen-bond donors (Lipinski definition) is 2. The third-order valence-corrected chi connectivity index (χ3v) is 1.21. The monoisotopic (exact) mass is 155 g/mol. The zero-order valence-corrected chi connectivity index (χ0v) is 6.85. The summed E-state index contributed by atoms with van der Waals surface area (Å²) in [7, 11) is 0. The molecule has 0 aromatic carbocycles. The van der Waals surface area contributed by atoms with Gasteiger partial charge in [0.15, 0.2) is 0 Å². The minimum absolute atomic E-state index is 0.277. The fourth-order valence-corrected chi connectivity index (χ4v) is 0.595. The van der Waals surface area contributed by atoms with Crippen molar-refractivity contribution in [2.45, 2.75) is 26.3 Å². The van der Waals surface area contributed by atoms with Crippen LogP contribution in [0.4, 0.5) is 4.79 Å². The highest BCUT2D eigenvalue weighted by Crippen LogP contribution is 1.86. The van der Waals surface area contributed by atoms with E-state index in [0.29, 0.717) is 13.0 Å². The van der Waals surface area contributed by atoms with E-state index >= 15 is 0 Å². The normalized spacial score (nSPS) is 11.4. The minimum Gasteiger partial charge on any atom is -0.338 e. The van der Waals surface area contributed by atoms with Crippen molar-refractivity contribution < 1.29 is 4.79 Å². The molecule has 0 aliphatic rings. The lowest BCUT2D eigenvalue weighted by Crippen LogP contribution is -2.40. The predicted molar refractivity (Wildman–Crippen MR) is 41.9 cm³/mol. The summed E-state index contributed by atoms with van der Waals surface area (Å²) in [5.41, 5.74) is 0. The number of rotatable bonds is 3. The molecular formula is C7H13N3O. The van der Waals surface area contributed by atoms with Crippen molar-refractivity contribution in [1.82, 2.24) is 10.6 Å². The second-order valence-electron chi connectivity index (χ2n) is 2.09. The largest absolute Gasteiger partial charge is 0.338 e. The highest BCUT2D eigenvalue weighted by molar-refractivity contribution is 5.74. The van der Waals surface area contributed by atoms with Crippen molar-refractivity contribution in [1.29, 1.82) is 5.26 Å². The van der Waals surface area contributed by atoms with Crippen molar-refractivity contribution in [2.24, 2.45) is 0 Å². The summed E-state index contributed by atoms with van der Waals surface area (Å²) >= 11 is 0. The summed E-state index contributed by atoms with van der Waals surface area (Å²) in [6.07, 6.45) is 0.633. The van der Waals surface area contributed by atoms with Crippen LogP contribution in [0.5, 0.6) is 0 Å². The van der Waals surface area contributed by atoms with Gasteiger partial charge in [0.25, 0.3) is 0 Å². The molecule has 0 aliphatic heterocycles. The summed E-state index contributed by atoms with van der Waals surface area (Å²) < 4.78 is 0. The van der Waals surface area contributed by atoms with Crippen LogP contribution in [0.25, 0.3) is 0 Å². The van der Waals surface area contributed by atoms with Gasteiger partial charge in [0.2, 0.25) is 0 Å². The Morgan fingerprint density at radius 2 is 2.27 bits per heavy atom. The standard InChI is InChI=1S/C7H13N3O/c1-3-6(5-8)10-7(11)9-4-2/h6H,3-4H2,1-2H3,(H2,9,10,11). The van der Waals surface area contributed by atoms with E-state index in [1.165, 1.54) is 0 Å². The lowest BCUT2D eigenvalue weighted by atomic mass is 10.2. The fraction of sp³-hybridized carbons (Fsp3) is 0.714. The van der Waals surface area contributed by atoms with Crippen LogP contribution >= 0.6 is 0 Å². The van der Waals surface area contributed by atoms with E-state index in [1.807, 2.05) is 19.9 Å². The fourth-order valence-electron chi connectivity index (χ4n) is 0.595. The lowest BCUT2D eigenvalue weighted by molar-refractivity contribution is 0.239. The van der Waals surface area contributed by atoms with Gasteiger partial charge in [-0.1, -0.05) is 6.92 Å². The third-order valence-electron chi connectivity index (χ3n) is 1.21. The average Bonchev–Trinajstić information content (AvgIpc) is 2.01. The quantitative estimate of drug-likeness (QED) is 0.627. The van der Waals surface area contributed by atoms with Crippen LogP contribution in [0.15, 0.2) is 0 Å². The molecule has 0 saturated heterocycles. The molecule has 11 heavy (non-hydrogen) atoms. The molecule has 4 nitrogen and oxygen atoms in total. The molecular weight excluding hydrogens is 142 g/mol. The van der Waals surface area contributed by atoms with E-state index in [9.17, 15) is 4.79 Å². The first-order valence-electron chi connectivity index (χ1n) is 3.68. The van der Waals surface area contributed by atoms with Gasteiger partial charge in [0, 0.05) is 6.54 Å². The Morgan fingerprint density at radius 3 is 2.64 bits per heavy atom. The summed E-state index contributed by atoms with van der Waals surface area (Å²) in [5, 5.41) is 13.5. The molecule has 0 bridgehead atoms. The molecule has 0 heterocycles. The zero-order valence-electron chi connectivity index (χ0n) is 6.85. The van der Waals surface area contributed by atoms with E-state index in [4.69, 9.17) is 5.26 Å². The molecule has 0 spiro atoms. The molecule has 1 unspecified atom stereocenters. The van der Waals surface area contributed by atoms with Crippen LogP contribution in [0.2, 0.25) is 0 Å². The number of hydrogen-bond acceptors (Lipinski definition) is 2. The minimum atomic E-state index is -0.374. The second-order valence-corrected chi connectivity index (χ2v) is 2.09. The highest BCUT2D eigenvalue weighted by atomic mass is 16.2. The Hall–Kier alpha value is -1.24. The molecule has 0 aliphatic carbocycles. The molecule has 0 fully saturated rings. The van der Waals surface area contributed by atoms with Crippen LogP contribution in [0, 0.1) is 11.3 Å². The molecule has 4 heteroatoms. The Balaban J connectivity index is 3.65. The van der Waals surface area contributed by atoms with Crippen LogP contribution in [-0.2, 0) is 0 Å².